The number of hydrogen-bond donors (Lipinski definition) is 0. The Morgan fingerprint density at radius 3 is 3.00 bits per heavy atom. The molecule has 0 aliphatic heterocycles. The maximum atomic E-state index is 3.24. The maximum absolute atomic E-state index is 3.24. The zero-order chi connectivity index (χ0) is 7.07. The van der Waals surface area contributed by atoms with Gasteiger partial charge in [-0.2, -0.15) is 0 Å². The normalized spacial score (nSPS) is 28.8. The first-order valence-corrected chi connectivity index (χ1v) is 3.87. The monoisotopic (exact) mass is 133 g/mol. The van der Waals surface area contributed by atoms with Gasteiger partial charge < -0.3 is 0 Å². The molecule has 0 aromatic heterocycles. The van der Waals surface area contributed by atoms with Gasteiger partial charge in [0.05, 0.1) is 0 Å². The molecule has 1 aliphatic carbocycles. The van der Waals surface area contributed by atoms with E-state index in [9.17, 15) is 0 Å². The molecule has 1 aliphatic rings. The summed E-state index contributed by atoms with van der Waals surface area (Å²) < 4.78 is 0. The molecule has 0 aromatic carbocycles. The average Bonchev–Trinajstić information content (AvgIpc) is 2.01. The summed E-state index contributed by atoms with van der Waals surface area (Å²) in [6, 6.07) is 0. The van der Waals surface area contributed by atoms with Crippen molar-refractivity contribution >= 4 is 0 Å². The molecule has 0 saturated heterocycles. The van der Waals surface area contributed by atoms with Crippen molar-refractivity contribution in [2.45, 2.75) is 25.7 Å². The smallest absolute Gasteiger partial charge is 0.0160 e. The van der Waals surface area contributed by atoms with Crippen LogP contribution in [0.3, 0.4) is 0 Å². The molecular weight excluding hydrogens is 120 g/mol. The molecule has 0 bridgehead atoms. The van der Waals surface area contributed by atoms with Crippen LogP contribution >= 0.6 is 0 Å². The molecule has 0 heterocycles. The molecule has 0 amide bonds. The van der Waals surface area contributed by atoms with E-state index >= 15 is 0 Å². The van der Waals surface area contributed by atoms with Crippen molar-refractivity contribution in [3.63, 3.8) is 0 Å². The summed E-state index contributed by atoms with van der Waals surface area (Å²) in [4.78, 5) is 0. The Hall–Kier alpha value is -0.780. The number of allylic oxidation sites excluding steroid dienone is 6. The Morgan fingerprint density at radius 2 is 2.00 bits per heavy atom. The molecule has 10 heavy (non-hydrogen) atoms. The highest BCUT2D eigenvalue weighted by molar-refractivity contribution is 5.04. The van der Waals surface area contributed by atoms with Crippen LogP contribution in [0.2, 0.25) is 0 Å². The molecule has 0 fully saturated rings. The van der Waals surface area contributed by atoms with E-state index in [1.165, 1.54) is 12.8 Å². The van der Waals surface area contributed by atoms with Crippen LogP contribution in [0.4, 0.5) is 0 Å². The zero-order valence-corrected chi connectivity index (χ0v) is 6.22. The molecule has 0 nitrogen and oxygen atoms in total. The molecule has 0 heteroatoms. The van der Waals surface area contributed by atoms with Crippen molar-refractivity contribution in [3.05, 3.63) is 36.5 Å². The Kier molecular flexibility index (Phi) is 3.69. The molecule has 0 saturated carbocycles. The van der Waals surface area contributed by atoms with Gasteiger partial charge >= 0.3 is 0 Å². The van der Waals surface area contributed by atoms with Gasteiger partial charge in [0.15, 0.2) is 0 Å². The summed E-state index contributed by atoms with van der Waals surface area (Å²) in [6.07, 6.45) is 18.5. The molecule has 0 aromatic rings. The van der Waals surface area contributed by atoms with Crippen molar-refractivity contribution < 1.29 is 0 Å². The van der Waals surface area contributed by atoms with Crippen molar-refractivity contribution in [2.24, 2.45) is 0 Å². The van der Waals surface area contributed by atoms with Crippen molar-refractivity contribution in [1.82, 2.24) is 0 Å². The van der Waals surface area contributed by atoms with Gasteiger partial charge in [0.25, 0.3) is 0 Å². The van der Waals surface area contributed by atoms with Crippen LogP contribution in [0.1, 0.15) is 25.7 Å². The van der Waals surface area contributed by atoms with Crippen LogP contribution in [0.15, 0.2) is 30.4 Å². The van der Waals surface area contributed by atoms with Crippen LogP contribution in [0.5, 0.6) is 0 Å². The number of hydrogen-bond acceptors (Lipinski definition) is 0. The van der Waals surface area contributed by atoms with Crippen LogP contribution in [-0.4, -0.2) is 0 Å². The van der Waals surface area contributed by atoms with E-state index in [0.717, 1.165) is 12.8 Å². The van der Waals surface area contributed by atoms with E-state index in [4.69, 9.17) is 0 Å². The summed E-state index contributed by atoms with van der Waals surface area (Å²) in [5.74, 6) is 0. The summed E-state index contributed by atoms with van der Waals surface area (Å²) in [5, 5.41) is 0. The fraction of sp³-hybridized carbons (Fsp3) is 0.400. The van der Waals surface area contributed by atoms with Crippen LogP contribution in [-0.2, 0) is 0 Å². The minimum atomic E-state index is 1.03. The Morgan fingerprint density at radius 1 is 1.10 bits per heavy atom. The lowest BCUT2D eigenvalue weighted by atomic mass is 10.2. The molecule has 0 atom stereocenters. The molecule has 53 valence electrons. The van der Waals surface area contributed by atoms with Gasteiger partial charge in [0.2, 0.25) is 0 Å². The Balaban J connectivity index is 2.38. The van der Waals surface area contributed by atoms with Gasteiger partial charge in [0, 0.05) is 0 Å². The van der Waals surface area contributed by atoms with E-state index in [-0.39, 0.29) is 0 Å². The fourth-order valence-electron chi connectivity index (χ4n) is 0.907. The van der Waals surface area contributed by atoms with Gasteiger partial charge in [0.1, 0.15) is 0 Å². The zero-order valence-electron chi connectivity index (χ0n) is 6.22. The summed E-state index contributed by atoms with van der Waals surface area (Å²) >= 11 is 0. The summed E-state index contributed by atoms with van der Waals surface area (Å²) in [5.41, 5.74) is 0. The van der Waals surface area contributed by atoms with Gasteiger partial charge in [-0.3, -0.25) is 0 Å². The molecule has 1 rings (SSSR count). The minimum Gasteiger partial charge on any atom is -0.0845 e. The molecule has 0 N–H and O–H groups in total. The van der Waals surface area contributed by atoms with E-state index in [1.54, 1.807) is 0 Å². The second-order valence-corrected chi connectivity index (χ2v) is 2.39. The van der Waals surface area contributed by atoms with Crippen LogP contribution in [0, 0.1) is 6.08 Å². The SMILES string of the molecule is [C]1=C\C/C=C\C=C/CCC/1. The maximum Gasteiger partial charge on any atom is -0.0160 e. The first-order valence-electron chi connectivity index (χ1n) is 3.87. The van der Waals surface area contributed by atoms with Crippen molar-refractivity contribution in [1.29, 1.82) is 0 Å². The lowest BCUT2D eigenvalue weighted by molar-refractivity contribution is 0.851. The van der Waals surface area contributed by atoms with Gasteiger partial charge in [-0.25, -0.2) is 0 Å². The summed E-state index contributed by atoms with van der Waals surface area (Å²) in [6.45, 7) is 0. The van der Waals surface area contributed by atoms with Gasteiger partial charge in [-0.05, 0) is 31.8 Å². The van der Waals surface area contributed by atoms with Crippen molar-refractivity contribution in [2.75, 3.05) is 0 Å². The Labute approximate surface area is 62.9 Å². The standard InChI is InChI=1S/C10H13/c1-2-4-6-8-10-9-7-5-3-1/h1-4,7H,5-6,8,10H2/b3-1-,4-2-,9-7?. The minimum absolute atomic E-state index is 1.03. The van der Waals surface area contributed by atoms with Gasteiger partial charge in [-0.15, -0.1) is 0 Å². The lowest BCUT2D eigenvalue weighted by Crippen LogP contribution is -1.71. The first-order chi connectivity index (χ1) is 5.00. The fourth-order valence-corrected chi connectivity index (χ4v) is 0.907. The first kappa shape index (κ1) is 7.33. The second-order valence-electron chi connectivity index (χ2n) is 2.39. The third kappa shape index (κ3) is 3.29. The van der Waals surface area contributed by atoms with Crippen LogP contribution in [0.25, 0.3) is 0 Å². The van der Waals surface area contributed by atoms with E-state index in [0.29, 0.717) is 0 Å². The van der Waals surface area contributed by atoms with E-state index in [2.05, 4.69) is 36.5 Å². The quantitative estimate of drug-likeness (QED) is 0.476. The van der Waals surface area contributed by atoms with E-state index in [1.807, 2.05) is 0 Å². The lowest BCUT2D eigenvalue weighted by Gasteiger charge is -1.90. The second kappa shape index (κ2) is 5.04. The molecule has 0 unspecified atom stereocenters. The molecule has 1 radical (unpaired) electrons. The van der Waals surface area contributed by atoms with E-state index < -0.39 is 0 Å². The largest absolute Gasteiger partial charge is 0.0845 e. The molecule has 0 spiro atoms. The summed E-state index contributed by atoms with van der Waals surface area (Å²) in [7, 11) is 0. The van der Waals surface area contributed by atoms with Crippen molar-refractivity contribution in [3.8, 4) is 0 Å². The van der Waals surface area contributed by atoms with Gasteiger partial charge in [-0.1, -0.05) is 30.4 Å². The predicted molar refractivity (Wildman–Crippen MR) is 44.6 cm³/mol. The predicted octanol–water partition coefficient (Wildman–Crippen LogP) is 3.03. The highest BCUT2D eigenvalue weighted by Crippen LogP contribution is 2.00. The van der Waals surface area contributed by atoms with Crippen LogP contribution < -0.4 is 0 Å². The number of rotatable bonds is 0. The third-order valence-electron chi connectivity index (χ3n) is 1.47. The highest BCUT2D eigenvalue weighted by Gasteiger charge is 1.81. The third-order valence-corrected chi connectivity index (χ3v) is 1.47. The molecular formula is C10H13. The Bertz CT molecular complexity index is 149. The topological polar surface area (TPSA) is 0 Å². The highest BCUT2D eigenvalue weighted by atomic mass is 13.9. The average molecular weight is 133 g/mol.